The molecule has 0 aromatic heterocycles. The molecule has 76 valence electrons. The number of rotatable bonds is 2. The van der Waals surface area contributed by atoms with E-state index >= 15 is 0 Å². The van der Waals surface area contributed by atoms with Gasteiger partial charge in [-0.15, -0.1) is 0 Å². The zero-order valence-electron chi connectivity index (χ0n) is 9.09. The quantitative estimate of drug-likeness (QED) is 0.715. The smallest absolute Gasteiger partial charge is 0.116 e. The number of hydroxylamine groups is 2. The van der Waals surface area contributed by atoms with Crippen LogP contribution in [-0.4, -0.2) is 28.0 Å². The first-order chi connectivity index (χ1) is 5.82. The fourth-order valence-corrected chi connectivity index (χ4v) is 1.76. The van der Waals surface area contributed by atoms with Crippen molar-refractivity contribution in [1.29, 1.82) is 0 Å². The van der Waals surface area contributed by atoms with Gasteiger partial charge in [-0.1, -0.05) is 0 Å². The molecule has 1 aliphatic rings. The zero-order valence-corrected chi connectivity index (χ0v) is 9.09. The summed E-state index contributed by atoms with van der Waals surface area (Å²) in [4.78, 5) is 0. The van der Waals surface area contributed by atoms with E-state index in [1.807, 2.05) is 40.7 Å². The van der Waals surface area contributed by atoms with Gasteiger partial charge in [-0.3, -0.25) is 0 Å². The predicted molar refractivity (Wildman–Crippen MR) is 51.5 cm³/mol. The largest absolute Gasteiger partial charge is 0.496 e. The van der Waals surface area contributed by atoms with Gasteiger partial charge in [0.1, 0.15) is 5.76 Å². The minimum Gasteiger partial charge on any atom is -0.496 e. The zero-order chi connectivity index (χ0) is 10.3. The Labute approximate surface area is 79.9 Å². The molecule has 0 saturated carbocycles. The molecule has 0 aromatic carbocycles. The van der Waals surface area contributed by atoms with Crippen molar-refractivity contribution < 1.29 is 9.94 Å². The predicted octanol–water partition coefficient (Wildman–Crippen LogP) is 2.17. The van der Waals surface area contributed by atoms with Crippen molar-refractivity contribution in [2.24, 2.45) is 0 Å². The number of nitrogens with zero attached hydrogens (tertiary/aromatic N) is 1. The van der Waals surface area contributed by atoms with Crippen molar-refractivity contribution in [1.82, 2.24) is 5.06 Å². The Kier molecular flexibility index (Phi) is 2.43. The summed E-state index contributed by atoms with van der Waals surface area (Å²) in [6, 6.07) is 0. The van der Waals surface area contributed by atoms with Gasteiger partial charge >= 0.3 is 0 Å². The van der Waals surface area contributed by atoms with Crippen LogP contribution in [0.4, 0.5) is 0 Å². The minimum absolute atomic E-state index is 0.339. The standard InChI is InChI=1S/C10H19NO2/c1-6-13-8-7-9(2,3)11(12)10(8,4)5/h7,12H,6H2,1-5H3. The van der Waals surface area contributed by atoms with E-state index in [0.717, 1.165) is 5.76 Å². The van der Waals surface area contributed by atoms with Crippen LogP contribution in [0.3, 0.4) is 0 Å². The second kappa shape index (κ2) is 3.00. The molecule has 0 saturated heterocycles. The molecular weight excluding hydrogens is 166 g/mol. The van der Waals surface area contributed by atoms with E-state index in [0.29, 0.717) is 6.61 Å². The molecule has 3 nitrogen and oxygen atoms in total. The molecule has 0 aliphatic carbocycles. The lowest BCUT2D eigenvalue weighted by molar-refractivity contribution is -0.191. The monoisotopic (exact) mass is 185 g/mol. The summed E-state index contributed by atoms with van der Waals surface area (Å²) in [6.45, 7) is 10.4. The summed E-state index contributed by atoms with van der Waals surface area (Å²) >= 11 is 0. The summed E-state index contributed by atoms with van der Waals surface area (Å²) in [5, 5.41) is 11.2. The molecule has 0 unspecified atom stereocenters. The van der Waals surface area contributed by atoms with Crippen molar-refractivity contribution >= 4 is 0 Å². The molecule has 1 N–H and O–H groups in total. The number of hydrogen-bond donors (Lipinski definition) is 1. The Balaban J connectivity index is 2.95. The molecule has 3 heteroatoms. The molecule has 0 fully saturated rings. The van der Waals surface area contributed by atoms with E-state index in [9.17, 15) is 5.21 Å². The molecular formula is C10H19NO2. The van der Waals surface area contributed by atoms with E-state index in [1.54, 1.807) is 0 Å². The van der Waals surface area contributed by atoms with Crippen LogP contribution in [0.15, 0.2) is 11.8 Å². The van der Waals surface area contributed by atoms with Crippen molar-refractivity contribution in [3.8, 4) is 0 Å². The Bertz CT molecular complexity index is 231. The van der Waals surface area contributed by atoms with Crippen LogP contribution in [-0.2, 0) is 4.74 Å². The summed E-state index contributed by atoms with van der Waals surface area (Å²) in [5.41, 5.74) is -0.756. The highest BCUT2D eigenvalue weighted by Crippen LogP contribution is 2.38. The van der Waals surface area contributed by atoms with Crippen molar-refractivity contribution in [2.45, 2.75) is 45.7 Å². The van der Waals surface area contributed by atoms with Gasteiger partial charge in [-0.05, 0) is 40.7 Å². The fraction of sp³-hybridized carbons (Fsp3) is 0.800. The molecule has 0 radical (unpaired) electrons. The average molecular weight is 185 g/mol. The molecule has 0 atom stereocenters. The van der Waals surface area contributed by atoms with Gasteiger partial charge in [0.25, 0.3) is 0 Å². The van der Waals surface area contributed by atoms with Crippen LogP contribution in [0, 0.1) is 0 Å². The van der Waals surface area contributed by atoms with Crippen LogP contribution >= 0.6 is 0 Å². The third kappa shape index (κ3) is 1.58. The Morgan fingerprint density at radius 2 is 1.92 bits per heavy atom. The molecule has 1 heterocycles. The van der Waals surface area contributed by atoms with Gasteiger partial charge in [0.2, 0.25) is 0 Å². The molecule has 0 amide bonds. The van der Waals surface area contributed by atoms with Gasteiger partial charge < -0.3 is 9.94 Å². The number of ether oxygens (including phenoxy) is 1. The van der Waals surface area contributed by atoms with Gasteiger partial charge in [0, 0.05) is 0 Å². The van der Waals surface area contributed by atoms with Gasteiger partial charge in [-0.25, -0.2) is 0 Å². The van der Waals surface area contributed by atoms with Gasteiger partial charge in [0.15, 0.2) is 0 Å². The van der Waals surface area contributed by atoms with Crippen LogP contribution in [0.1, 0.15) is 34.6 Å². The van der Waals surface area contributed by atoms with Crippen LogP contribution in [0.5, 0.6) is 0 Å². The lowest BCUT2D eigenvalue weighted by Crippen LogP contribution is -2.48. The maximum atomic E-state index is 9.88. The normalized spacial score (nSPS) is 25.8. The summed E-state index contributed by atoms with van der Waals surface area (Å²) in [5.74, 6) is 0.850. The lowest BCUT2D eigenvalue weighted by Gasteiger charge is -2.35. The minimum atomic E-state index is -0.417. The van der Waals surface area contributed by atoms with Gasteiger partial charge in [-0.2, -0.15) is 5.06 Å². The first-order valence-corrected chi connectivity index (χ1v) is 4.67. The number of hydrogen-bond acceptors (Lipinski definition) is 3. The second-order valence-electron chi connectivity index (χ2n) is 4.47. The van der Waals surface area contributed by atoms with Crippen molar-refractivity contribution in [3.63, 3.8) is 0 Å². The maximum absolute atomic E-state index is 9.88. The van der Waals surface area contributed by atoms with E-state index in [-0.39, 0.29) is 5.54 Å². The summed E-state index contributed by atoms with van der Waals surface area (Å²) < 4.78 is 5.48. The second-order valence-corrected chi connectivity index (χ2v) is 4.47. The van der Waals surface area contributed by atoms with E-state index in [2.05, 4.69) is 0 Å². The third-order valence-corrected chi connectivity index (χ3v) is 2.46. The molecule has 0 aromatic rings. The Hall–Kier alpha value is -0.540. The van der Waals surface area contributed by atoms with E-state index in [1.165, 1.54) is 5.06 Å². The Morgan fingerprint density at radius 1 is 1.38 bits per heavy atom. The maximum Gasteiger partial charge on any atom is 0.116 e. The molecule has 1 rings (SSSR count). The molecule has 13 heavy (non-hydrogen) atoms. The molecule has 0 spiro atoms. The van der Waals surface area contributed by atoms with E-state index < -0.39 is 5.54 Å². The van der Waals surface area contributed by atoms with Crippen LogP contribution in [0.25, 0.3) is 0 Å². The molecule has 0 bridgehead atoms. The highest BCUT2D eigenvalue weighted by Gasteiger charge is 2.46. The highest BCUT2D eigenvalue weighted by molar-refractivity contribution is 5.24. The van der Waals surface area contributed by atoms with Crippen LogP contribution in [0.2, 0.25) is 0 Å². The van der Waals surface area contributed by atoms with E-state index in [4.69, 9.17) is 4.74 Å². The third-order valence-electron chi connectivity index (χ3n) is 2.46. The first-order valence-electron chi connectivity index (χ1n) is 4.67. The van der Waals surface area contributed by atoms with Crippen molar-refractivity contribution in [2.75, 3.05) is 6.61 Å². The lowest BCUT2D eigenvalue weighted by atomic mass is 10.1. The SMILES string of the molecule is CCOC1=CC(C)(C)N(O)C1(C)C. The topological polar surface area (TPSA) is 32.7 Å². The summed E-state index contributed by atoms with van der Waals surface area (Å²) in [6.07, 6.45) is 1.97. The van der Waals surface area contributed by atoms with Gasteiger partial charge in [0.05, 0.1) is 17.7 Å². The fourth-order valence-electron chi connectivity index (χ4n) is 1.76. The highest BCUT2D eigenvalue weighted by atomic mass is 16.5. The average Bonchev–Trinajstić information content (AvgIpc) is 2.14. The first kappa shape index (κ1) is 10.5. The summed E-state index contributed by atoms with van der Waals surface area (Å²) in [7, 11) is 0. The molecule has 1 aliphatic heterocycles. The Morgan fingerprint density at radius 3 is 2.23 bits per heavy atom. The van der Waals surface area contributed by atoms with Crippen molar-refractivity contribution in [3.05, 3.63) is 11.8 Å². The van der Waals surface area contributed by atoms with Crippen LogP contribution < -0.4 is 0 Å².